The van der Waals surface area contributed by atoms with E-state index in [1.54, 1.807) is 0 Å². The Labute approximate surface area is 85.7 Å². The SMILES string of the molecule is CNCC(c1cccnc1)C1CCC1. The molecule has 1 unspecified atom stereocenters. The number of hydrogen-bond acceptors (Lipinski definition) is 2. The molecule has 2 heteroatoms. The summed E-state index contributed by atoms with van der Waals surface area (Å²) in [6.45, 7) is 1.08. The molecule has 0 spiro atoms. The molecule has 2 rings (SSSR count). The maximum atomic E-state index is 4.20. The summed E-state index contributed by atoms with van der Waals surface area (Å²) in [6.07, 6.45) is 8.05. The van der Waals surface area contributed by atoms with Crippen molar-refractivity contribution in [3.8, 4) is 0 Å². The van der Waals surface area contributed by atoms with Gasteiger partial charge in [-0.15, -0.1) is 0 Å². The van der Waals surface area contributed by atoms with Gasteiger partial charge in [-0.25, -0.2) is 0 Å². The van der Waals surface area contributed by atoms with E-state index in [4.69, 9.17) is 0 Å². The van der Waals surface area contributed by atoms with E-state index >= 15 is 0 Å². The highest BCUT2D eigenvalue weighted by Gasteiger charge is 2.27. The lowest BCUT2D eigenvalue weighted by Gasteiger charge is -2.33. The quantitative estimate of drug-likeness (QED) is 0.787. The van der Waals surface area contributed by atoms with Crippen molar-refractivity contribution in [2.75, 3.05) is 13.6 Å². The van der Waals surface area contributed by atoms with Gasteiger partial charge in [0.2, 0.25) is 0 Å². The third-order valence-electron chi connectivity index (χ3n) is 3.26. The van der Waals surface area contributed by atoms with E-state index in [9.17, 15) is 0 Å². The summed E-state index contributed by atoms with van der Waals surface area (Å²) in [5.74, 6) is 1.55. The number of rotatable bonds is 4. The molecule has 1 heterocycles. The fourth-order valence-corrected chi connectivity index (χ4v) is 2.21. The van der Waals surface area contributed by atoms with Crippen LogP contribution in [0, 0.1) is 5.92 Å². The number of hydrogen-bond donors (Lipinski definition) is 1. The standard InChI is InChI=1S/C12H18N2/c1-13-9-12(10-4-2-5-10)11-6-3-7-14-8-11/h3,6-8,10,12-13H,2,4-5,9H2,1H3. The van der Waals surface area contributed by atoms with Gasteiger partial charge in [-0.05, 0) is 37.4 Å². The lowest BCUT2D eigenvalue weighted by atomic mass is 9.73. The Balaban J connectivity index is 2.09. The van der Waals surface area contributed by atoms with Gasteiger partial charge >= 0.3 is 0 Å². The first-order valence-corrected chi connectivity index (χ1v) is 5.46. The Morgan fingerprint density at radius 3 is 2.93 bits per heavy atom. The number of nitrogens with one attached hydrogen (secondary N) is 1. The normalized spacial score (nSPS) is 18.9. The van der Waals surface area contributed by atoms with E-state index < -0.39 is 0 Å². The third-order valence-corrected chi connectivity index (χ3v) is 3.26. The molecule has 1 aliphatic carbocycles. The molecule has 1 aliphatic rings. The fourth-order valence-electron chi connectivity index (χ4n) is 2.21. The molecule has 1 aromatic heterocycles. The summed E-state index contributed by atoms with van der Waals surface area (Å²) in [6, 6.07) is 4.24. The molecule has 0 amide bonds. The molecule has 2 nitrogen and oxygen atoms in total. The topological polar surface area (TPSA) is 24.9 Å². The van der Waals surface area contributed by atoms with Crippen LogP contribution in [0.25, 0.3) is 0 Å². The summed E-state index contributed by atoms with van der Waals surface area (Å²) >= 11 is 0. The van der Waals surface area contributed by atoms with E-state index in [0.29, 0.717) is 5.92 Å². The lowest BCUT2D eigenvalue weighted by molar-refractivity contribution is 0.257. The fraction of sp³-hybridized carbons (Fsp3) is 0.583. The van der Waals surface area contributed by atoms with Crippen LogP contribution in [0.15, 0.2) is 24.5 Å². The second-order valence-corrected chi connectivity index (χ2v) is 4.14. The minimum atomic E-state index is 0.669. The summed E-state index contributed by atoms with van der Waals surface area (Å²) in [5.41, 5.74) is 1.39. The predicted molar refractivity (Wildman–Crippen MR) is 58.2 cm³/mol. The first kappa shape index (κ1) is 9.66. The Kier molecular flexibility index (Phi) is 3.14. The summed E-state index contributed by atoms with van der Waals surface area (Å²) in [7, 11) is 2.03. The Morgan fingerprint density at radius 2 is 2.43 bits per heavy atom. The van der Waals surface area contributed by atoms with Gasteiger partial charge in [0.05, 0.1) is 0 Å². The van der Waals surface area contributed by atoms with Gasteiger partial charge in [0.1, 0.15) is 0 Å². The summed E-state index contributed by atoms with van der Waals surface area (Å²) in [4.78, 5) is 4.20. The molecule has 1 N–H and O–H groups in total. The molecule has 0 radical (unpaired) electrons. The second-order valence-electron chi connectivity index (χ2n) is 4.14. The molecule has 0 bridgehead atoms. The molecule has 0 aliphatic heterocycles. The third kappa shape index (κ3) is 1.95. The van der Waals surface area contributed by atoms with Crippen LogP contribution in [-0.2, 0) is 0 Å². The molecule has 14 heavy (non-hydrogen) atoms. The van der Waals surface area contributed by atoms with Crippen molar-refractivity contribution in [2.24, 2.45) is 5.92 Å². The van der Waals surface area contributed by atoms with Gasteiger partial charge in [-0.2, -0.15) is 0 Å². The van der Waals surface area contributed by atoms with E-state index in [0.717, 1.165) is 12.5 Å². The van der Waals surface area contributed by atoms with Crippen molar-refractivity contribution in [1.29, 1.82) is 0 Å². The largest absolute Gasteiger partial charge is 0.319 e. The van der Waals surface area contributed by atoms with Crippen LogP contribution in [-0.4, -0.2) is 18.6 Å². The molecule has 0 aromatic carbocycles. The van der Waals surface area contributed by atoms with E-state index in [-0.39, 0.29) is 0 Å². The maximum Gasteiger partial charge on any atom is 0.0303 e. The number of aromatic nitrogens is 1. The molecular formula is C12H18N2. The van der Waals surface area contributed by atoms with E-state index in [2.05, 4.69) is 16.4 Å². The monoisotopic (exact) mass is 190 g/mol. The minimum Gasteiger partial charge on any atom is -0.319 e. The molecule has 1 aromatic rings. The maximum absolute atomic E-state index is 4.20. The highest BCUT2D eigenvalue weighted by atomic mass is 14.8. The van der Waals surface area contributed by atoms with Crippen molar-refractivity contribution >= 4 is 0 Å². The molecule has 76 valence electrons. The predicted octanol–water partition coefficient (Wildman–Crippen LogP) is 2.18. The molecule has 1 saturated carbocycles. The lowest BCUT2D eigenvalue weighted by Crippen LogP contribution is -2.28. The number of pyridine rings is 1. The van der Waals surface area contributed by atoms with Gasteiger partial charge in [0, 0.05) is 24.9 Å². The smallest absolute Gasteiger partial charge is 0.0303 e. The number of nitrogens with zero attached hydrogens (tertiary/aromatic N) is 1. The second kappa shape index (κ2) is 4.56. The first-order chi connectivity index (χ1) is 6.92. The average molecular weight is 190 g/mol. The summed E-state index contributed by atoms with van der Waals surface area (Å²) in [5, 5.41) is 3.29. The van der Waals surface area contributed by atoms with E-state index in [1.165, 1.54) is 24.8 Å². The van der Waals surface area contributed by atoms with Gasteiger partial charge < -0.3 is 5.32 Å². The molecular weight excluding hydrogens is 172 g/mol. The van der Waals surface area contributed by atoms with Crippen molar-refractivity contribution < 1.29 is 0 Å². The zero-order valence-electron chi connectivity index (χ0n) is 8.74. The van der Waals surface area contributed by atoms with Crippen LogP contribution >= 0.6 is 0 Å². The average Bonchev–Trinajstić information content (AvgIpc) is 2.16. The Hall–Kier alpha value is -0.890. The van der Waals surface area contributed by atoms with Crippen molar-refractivity contribution in [3.63, 3.8) is 0 Å². The van der Waals surface area contributed by atoms with Gasteiger partial charge in [0.25, 0.3) is 0 Å². The van der Waals surface area contributed by atoms with Gasteiger partial charge in [0.15, 0.2) is 0 Å². The minimum absolute atomic E-state index is 0.669. The van der Waals surface area contributed by atoms with Crippen LogP contribution in [0.2, 0.25) is 0 Å². The van der Waals surface area contributed by atoms with Gasteiger partial charge in [-0.3, -0.25) is 4.98 Å². The molecule has 1 atom stereocenters. The molecule has 0 saturated heterocycles. The highest BCUT2D eigenvalue weighted by molar-refractivity contribution is 5.17. The van der Waals surface area contributed by atoms with Crippen molar-refractivity contribution in [1.82, 2.24) is 10.3 Å². The van der Waals surface area contributed by atoms with Crippen molar-refractivity contribution in [2.45, 2.75) is 25.2 Å². The zero-order chi connectivity index (χ0) is 9.80. The van der Waals surface area contributed by atoms with E-state index in [1.807, 2.05) is 25.5 Å². The van der Waals surface area contributed by atoms with Gasteiger partial charge in [-0.1, -0.05) is 12.5 Å². The van der Waals surface area contributed by atoms with Crippen LogP contribution in [0.4, 0.5) is 0 Å². The molecule has 1 fully saturated rings. The first-order valence-electron chi connectivity index (χ1n) is 5.46. The zero-order valence-corrected chi connectivity index (χ0v) is 8.74. The Bertz CT molecular complexity index is 267. The van der Waals surface area contributed by atoms with Crippen molar-refractivity contribution in [3.05, 3.63) is 30.1 Å². The summed E-state index contributed by atoms with van der Waals surface area (Å²) < 4.78 is 0. The van der Waals surface area contributed by atoms with Crippen LogP contribution < -0.4 is 5.32 Å². The Morgan fingerprint density at radius 1 is 1.57 bits per heavy atom. The van der Waals surface area contributed by atoms with Crippen LogP contribution in [0.1, 0.15) is 30.7 Å². The highest BCUT2D eigenvalue weighted by Crippen LogP contribution is 2.38. The van der Waals surface area contributed by atoms with Crippen LogP contribution in [0.3, 0.4) is 0 Å². The number of likely N-dealkylation sites (N-methyl/N-ethyl adjacent to an activating group) is 1. The van der Waals surface area contributed by atoms with Crippen LogP contribution in [0.5, 0.6) is 0 Å².